The molecule has 5 nitrogen and oxygen atoms in total. The van der Waals surface area contributed by atoms with Crippen molar-refractivity contribution in [1.29, 1.82) is 0 Å². The van der Waals surface area contributed by atoms with Crippen LogP contribution in [0.5, 0.6) is 0 Å². The zero-order valence-corrected chi connectivity index (χ0v) is 12.9. The lowest BCUT2D eigenvalue weighted by Crippen LogP contribution is -2.42. The summed E-state index contributed by atoms with van der Waals surface area (Å²) in [5.41, 5.74) is -0.487. The van der Waals surface area contributed by atoms with Gasteiger partial charge in [-0.05, 0) is 48.8 Å². The molecule has 1 aromatic rings. The lowest BCUT2D eigenvalue weighted by atomic mass is 10.0. The maximum atomic E-state index is 11.8. The van der Waals surface area contributed by atoms with Gasteiger partial charge in [0.15, 0.2) is 4.67 Å². The van der Waals surface area contributed by atoms with Crippen molar-refractivity contribution in [3.63, 3.8) is 0 Å². The van der Waals surface area contributed by atoms with Gasteiger partial charge in [-0.1, -0.05) is 0 Å². The molecule has 1 fully saturated rings. The van der Waals surface area contributed by atoms with Gasteiger partial charge in [0.1, 0.15) is 11.4 Å². The molecule has 0 radical (unpaired) electrons. The van der Waals surface area contributed by atoms with Gasteiger partial charge >= 0.3 is 6.09 Å². The third-order valence-electron chi connectivity index (χ3n) is 2.88. The van der Waals surface area contributed by atoms with Crippen LogP contribution >= 0.6 is 15.9 Å². The first-order chi connectivity index (χ1) is 8.85. The maximum absolute atomic E-state index is 11.8. The molecule has 0 saturated carbocycles. The van der Waals surface area contributed by atoms with Crippen LogP contribution in [0.4, 0.5) is 4.79 Å². The van der Waals surface area contributed by atoms with E-state index in [4.69, 9.17) is 9.15 Å². The highest BCUT2D eigenvalue weighted by atomic mass is 79.9. The molecule has 2 heterocycles. The number of halogens is 1. The van der Waals surface area contributed by atoms with E-state index in [1.165, 1.54) is 0 Å². The zero-order chi connectivity index (χ0) is 14.0. The molecule has 2 rings (SSSR count). The molecule has 0 aromatic carbocycles. The van der Waals surface area contributed by atoms with Crippen LogP contribution in [-0.4, -0.2) is 30.8 Å². The molecular weight excluding hydrogens is 312 g/mol. The molecule has 6 heteroatoms. The number of furan rings is 1. The van der Waals surface area contributed by atoms with Crippen molar-refractivity contribution in [3.05, 3.63) is 22.6 Å². The Kier molecular flexibility index (Phi) is 4.20. The van der Waals surface area contributed by atoms with Crippen LogP contribution in [0.1, 0.15) is 32.4 Å². The molecule has 2 N–H and O–H groups in total. The molecule has 1 aromatic heterocycles. The van der Waals surface area contributed by atoms with Crippen LogP contribution in [0.3, 0.4) is 0 Å². The van der Waals surface area contributed by atoms with Crippen molar-refractivity contribution < 1.29 is 13.9 Å². The fourth-order valence-corrected chi connectivity index (χ4v) is 2.43. The fourth-order valence-electron chi connectivity index (χ4n) is 2.12. The Morgan fingerprint density at radius 1 is 1.47 bits per heavy atom. The third kappa shape index (κ3) is 3.98. The zero-order valence-electron chi connectivity index (χ0n) is 11.3. The first-order valence-electron chi connectivity index (χ1n) is 6.30. The first-order valence-corrected chi connectivity index (χ1v) is 7.10. The number of carbonyl (C=O) groups excluding carboxylic acids is 1. The highest BCUT2D eigenvalue weighted by Crippen LogP contribution is 2.27. The van der Waals surface area contributed by atoms with Gasteiger partial charge in [0.05, 0.1) is 12.0 Å². The summed E-state index contributed by atoms with van der Waals surface area (Å²) in [7, 11) is 0. The van der Waals surface area contributed by atoms with Crippen LogP contribution in [0.2, 0.25) is 0 Å². The molecule has 1 amide bonds. The van der Waals surface area contributed by atoms with Crippen molar-refractivity contribution in [1.82, 2.24) is 10.6 Å². The summed E-state index contributed by atoms with van der Waals surface area (Å²) in [5, 5.41) is 6.15. The van der Waals surface area contributed by atoms with Crippen LogP contribution in [0, 0.1) is 0 Å². The van der Waals surface area contributed by atoms with E-state index in [1.807, 2.05) is 32.9 Å². The molecular formula is C13H19BrN2O3. The third-order valence-corrected chi connectivity index (χ3v) is 3.30. The van der Waals surface area contributed by atoms with Crippen LogP contribution in [0.15, 0.2) is 21.2 Å². The van der Waals surface area contributed by atoms with E-state index in [-0.39, 0.29) is 12.0 Å². The highest BCUT2D eigenvalue weighted by Gasteiger charge is 2.33. The number of hydrogen-bond acceptors (Lipinski definition) is 4. The Bertz CT molecular complexity index is 453. The maximum Gasteiger partial charge on any atom is 0.407 e. The second kappa shape index (κ2) is 5.54. The number of carbonyl (C=O) groups is 1. The van der Waals surface area contributed by atoms with E-state index in [0.717, 1.165) is 12.3 Å². The summed E-state index contributed by atoms with van der Waals surface area (Å²) < 4.78 is 11.5. The van der Waals surface area contributed by atoms with Crippen LogP contribution in [-0.2, 0) is 4.74 Å². The van der Waals surface area contributed by atoms with Gasteiger partial charge in [-0.2, -0.15) is 0 Å². The quantitative estimate of drug-likeness (QED) is 0.874. The average Bonchev–Trinajstić information content (AvgIpc) is 2.83. The number of alkyl carbamates (subject to hydrolysis) is 1. The summed E-state index contributed by atoms with van der Waals surface area (Å²) in [5.74, 6) is 0.983. The SMILES string of the molecule is CC(C)(C)OC(=O)NC1CNCC1c1ccc(Br)o1. The number of amides is 1. The summed E-state index contributed by atoms with van der Waals surface area (Å²) in [6, 6.07) is 3.76. The molecule has 1 saturated heterocycles. The van der Waals surface area contributed by atoms with Gasteiger partial charge in [-0.3, -0.25) is 0 Å². The molecule has 0 spiro atoms. The molecule has 1 aliphatic rings. The van der Waals surface area contributed by atoms with Crippen LogP contribution in [0.25, 0.3) is 0 Å². The van der Waals surface area contributed by atoms with Crippen molar-refractivity contribution in [2.75, 3.05) is 13.1 Å². The highest BCUT2D eigenvalue weighted by molar-refractivity contribution is 9.10. The van der Waals surface area contributed by atoms with E-state index >= 15 is 0 Å². The standard InChI is InChI=1S/C13H19BrN2O3/c1-13(2,3)19-12(17)16-9-7-15-6-8(9)10-4-5-11(14)18-10/h4-5,8-9,15H,6-7H2,1-3H3,(H,16,17). The molecule has 1 aliphatic heterocycles. The Hall–Kier alpha value is -1.01. The molecule has 0 bridgehead atoms. The lowest BCUT2D eigenvalue weighted by Gasteiger charge is -2.23. The van der Waals surface area contributed by atoms with Crippen LogP contribution < -0.4 is 10.6 Å². The second-order valence-corrected chi connectivity index (χ2v) is 6.44. The summed E-state index contributed by atoms with van der Waals surface area (Å²) in [6.07, 6.45) is -0.392. The predicted octanol–water partition coefficient (Wildman–Crippen LogP) is 2.62. The number of rotatable bonds is 2. The summed E-state index contributed by atoms with van der Waals surface area (Å²) in [6.45, 7) is 7.03. The summed E-state index contributed by atoms with van der Waals surface area (Å²) in [4.78, 5) is 11.8. The van der Waals surface area contributed by atoms with E-state index in [2.05, 4.69) is 26.6 Å². The number of nitrogens with one attached hydrogen (secondary N) is 2. The predicted molar refractivity (Wildman–Crippen MR) is 75.2 cm³/mol. The van der Waals surface area contributed by atoms with Gasteiger partial charge in [0, 0.05) is 13.1 Å². The Morgan fingerprint density at radius 2 is 2.21 bits per heavy atom. The molecule has 2 unspecified atom stereocenters. The van der Waals surface area contributed by atoms with E-state index in [1.54, 1.807) is 0 Å². The minimum Gasteiger partial charge on any atom is -0.454 e. The molecule has 2 atom stereocenters. The van der Waals surface area contributed by atoms with E-state index < -0.39 is 11.7 Å². The second-order valence-electron chi connectivity index (χ2n) is 5.66. The van der Waals surface area contributed by atoms with Gasteiger partial charge in [-0.15, -0.1) is 0 Å². The minimum atomic E-state index is -0.487. The largest absolute Gasteiger partial charge is 0.454 e. The molecule has 0 aliphatic carbocycles. The lowest BCUT2D eigenvalue weighted by molar-refractivity contribution is 0.0503. The van der Waals surface area contributed by atoms with Gasteiger partial charge in [0.25, 0.3) is 0 Å². The number of ether oxygens (including phenoxy) is 1. The monoisotopic (exact) mass is 330 g/mol. The van der Waals surface area contributed by atoms with Gasteiger partial charge < -0.3 is 19.8 Å². The van der Waals surface area contributed by atoms with Crippen molar-refractivity contribution >= 4 is 22.0 Å². The fraction of sp³-hybridized carbons (Fsp3) is 0.615. The van der Waals surface area contributed by atoms with Gasteiger partial charge in [0.2, 0.25) is 0 Å². The van der Waals surface area contributed by atoms with E-state index in [0.29, 0.717) is 11.2 Å². The minimum absolute atomic E-state index is 0.0205. The van der Waals surface area contributed by atoms with Gasteiger partial charge in [-0.25, -0.2) is 4.79 Å². The molecule has 19 heavy (non-hydrogen) atoms. The summed E-state index contributed by atoms with van der Waals surface area (Å²) >= 11 is 3.29. The average molecular weight is 331 g/mol. The molecule has 106 valence electrons. The number of hydrogen-bond donors (Lipinski definition) is 2. The first kappa shape index (κ1) is 14.4. The Labute approximate surface area is 121 Å². The van der Waals surface area contributed by atoms with Crippen molar-refractivity contribution in [2.45, 2.75) is 38.3 Å². The van der Waals surface area contributed by atoms with Crippen molar-refractivity contribution in [3.8, 4) is 0 Å². The normalized spacial score (nSPS) is 23.4. The Morgan fingerprint density at radius 3 is 2.79 bits per heavy atom. The Balaban J connectivity index is 1.98. The smallest absolute Gasteiger partial charge is 0.407 e. The van der Waals surface area contributed by atoms with E-state index in [9.17, 15) is 4.79 Å². The topological polar surface area (TPSA) is 63.5 Å². The van der Waals surface area contributed by atoms with Crippen molar-refractivity contribution in [2.24, 2.45) is 0 Å².